The minimum absolute atomic E-state index is 0.0148. The minimum atomic E-state index is -3.17. The highest BCUT2D eigenvalue weighted by atomic mass is 19.3. The van der Waals surface area contributed by atoms with Gasteiger partial charge in [-0.3, -0.25) is 5.32 Å². The van der Waals surface area contributed by atoms with E-state index in [9.17, 15) is 18.4 Å². The molecule has 3 atom stereocenters. The summed E-state index contributed by atoms with van der Waals surface area (Å²) < 4.78 is 46.1. The Hall–Kier alpha value is -3.92. The van der Waals surface area contributed by atoms with Gasteiger partial charge in [-0.15, -0.1) is 0 Å². The first kappa shape index (κ1) is 28.6. The molecule has 0 aromatic carbocycles. The molecule has 2 bridgehead atoms. The Morgan fingerprint density at radius 3 is 2.68 bits per heavy atom. The molecule has 5 heterocycles. The highest BCUT2D eigenvalue weighted by Crippen LogP contribution is 2.33. The van der Waals surface area contributed by atoms with Crippen LogP contribution in [0.2, 0.25) is 0 Å². The number of alkyl halides is 2. The summed E-state index contributed by atoms with van der Waals surface area (Å²) >= 11 is 0. The fourth-order valence-corrected chi connectivity index (χ4v) is 5.20. The van der Waals surface area contributed by atoms with Crippen LogP contribution in [0.15, 0.2) is 24.7 Å². The van der Waals surface area contributed by atoms with E-state index in [1.54, 1.807) is 6.92 Å². The molecule has 0 spiro atoms. The van der Waals surface area contributed by atoms with Crippen LogP contribution in [0.4, 0.5) is 30.1 Å². The van der Waals surface area contributed by atoms with Crippen molar-refractivity contribution in [2.24, 2.45) is 0 Å². The number of nitrogens with zero attached hydrogens (tertiary/aromatic N) is 6. The molecule has 41 heavy (non-hydrogen) atoms. The highest BCUT2D eigenvalue weighted by Gasteiger charge is 2.48. The normalized spacial score (nSPS) is 25.1. The van der Waals surface area contributed by atoms with E-state index in [4.69, 9.17) is 14.2 Å². The van der Waals surface area contributed by atoms with Crippen molar-refractivity contribution < 1.29 is 32.6 Å². The van der Waals surface area contributed by atoms with Crippen molar-refractivity contribution in [3.63, 3.8) is 0 Å². The number of rotatable bonds is 7. The standard InChI is InChI=1S/C25H33F2N9O5/c1-3-40-21-11-29-19(10-30-21)33-23(37)35(2)18-12-36(7-5-25(18,26)27)22-28-6-4-20(34-22)41-24(38)32-15-8-16-13-39-14-17(9-15)31-16/h4,6,10-11,15-18,31H,3,5,7-9,12-14H2,1-2H3,(H,32,38)(H,29,33,37)/t15?,16?,17?,18-/m0/s1. The molecule has 3 amide bonds. The third kappa shape index (κ3) is 7.05. The number of morpholine rings is 1. The third-order valence-electron chi connectivity index (χ3n) is 7.21. The van der Waals surface area contributed by atoms with Crippen LogP contribution in [0.1, 0.15) is 26.2 Å². The summed E-state index contributed by atoms with van der Waals surface area (Å²) in [4.78, 5) is 44.3. The van der Waals surface area contributed by atoms with E-state index in [-0.39, 0.29) is 54.7 Å². The molecule has 0 saturated carbocycles. The van der Waals surface area contributed by atoms with Crippen molar-refractivity contribution in [2.45, 2.75) is 56.3 Å². The molecule has 2 aromatic heterocycles. The van der Waals surface area contributed by atoms with Crippen molar-refractivity contribution >= 4 is 23.9 Å². The van der Waals surface area contributed by atoms with E-state index >= 15 is 0 Å². The zero-order valence-electron chi connectivity index (χ0n) is 22.8. The number of carbonyl (C=O) groups excluding carboxylic acids is 2. The van der Waals surface area contributed by atoms with E-state index in [1.807, 2.05) is 0 Å². The summed E-state index contributed by atoms with van der Waals surface area (Å²) in [5.74, 6) is -2.71. The highest BCUT2D eigenvalue weighted by molar-refractivity contribution is 5.88. The Morgan fingerprint density at radius 2 is 1.98 bits per heavy atom. The molecule has 222 valence electrons. The van der Waals surface area contributed by atoms with Gasteiger partial charge in [0, 0.05) is 56.9 Å². The molecule has 3 aliphatic rings. The van der Waals surface area contributed by atoms with E-state index in [0.717, 1.165) is 17.7 Å². The van der Waals surface area contributed by atoms with Crippen LogP contribution < -0.4 is 30.3 Å². The van der Waals surface area contributed by atoms with Gasteiger partial charge in [0.05, 0.1) is 32.2 Å². The summed E-state index contributed by atoms with van der Waals surface area (Å²) in [6.45, 7) is 3.09. The lowest BCUT2D eigenvalue weighted by atomic mass is 9.93. The summed E-state index contributed by atoms with van der Waals surface area (Å²) in [5, 5.41) is 8.81. The first-order valence-corrected chi connectivity index (χ1v) is 13.5. The van der Waals surface area contributed by atoms with Gasteiger partial charge in [-0.1, -0.05) is 0 Å². The molecule has 2 aromatic rings. The summed E-state index contributed by atoms with van der Waals surface area (Å²) in [5.41, 5.74) is 0. The second kappa shape index (κ2) is 12.3. The maximum absolute atomic E-state index is 15.0. The number of urea groups is 1. The number of amides is 3. The number of fused-ring (bicyclic) bond motifs is 2. The van der Waals surface area contributed by atoms with Crippen LogP contribution in [-0.2, 0) is 4.74 Å². The average molecular weight is 578 g/mol. The van der Waals surface area contributed by atoms with Crippen LogP contribution in [0, 0.1) is 0 Å². The number of carbonyl (C=O) groups is 2. The lowest BCUT2D eigenvalue weighted by molar-refractivity contribution is -0.0760. The van der Waals surface area contributed by atoms with Crippen molar-refractivity contribution in [2.75, 3.05) is 50.2 Å². The SMILES string of the molecule is CCOc1cnc(NC(=O)N(C)[C@H]2CN(c3nccc(OC(=O)NC4CC5COCC(C4)N5)n3)CCC2(F)F)cn1. The number of hydrogen-bond acceptors (Lipinski definition) is 11. The van der Waals surface area contributed by atoms with Gasteiger partial charge in [0.2, 0.25) is 17.7 Å². The average Bonchev–Trinajstić information content (AvgIpc) is 2.93. The number of aromatic nitrogens is 4. The molecule has 3 aliphatic heterocycles. The van der Waals surface area contributed by atoms with E-state index in [1.165, 1.54) is 36.6 Å². The number of anilines is 2. The van der Waals surface area contributed by atoms with Gasteiger partial charge in [0.15, 0.2) is 5.82 Å². The smallest absolute Gasteiger partial charge is 0.414 e. The van der Waals surface area contributed by atoms with Gasteiger partial charge < -0.3 is 34.6 Å². The number of piperidine rings is 2. The van der Waals surface area contributed by atoms with Crippen LogP contribution in [0.5, 0.6) is 11.8 Å². The predicted octanol–water partition coefficient (Wildman–Crippen LogP) is 1.65. The molecule has 16 heteroatoms. The summed E-state index contributed by atoms with van der Waals surface area (Å²) in [6, 6.07) is -0.564. The molecule has 3 N–H and O–H groups in total. The van der Waals surface area contributed by atoms with Gasteiger partial charge in [-0.2, -0.15) is 4.98 Å². The van der Waals surface area contributed by atoms with E-state index in [0.29, 0.717) is 19.8 Å². The second-order valence-corrected chi connectivity index (χ2v) is 10.2. The van der Waals surface area contributed by atoms with Gasteiger partial charge >= 0.3 is 12.1 Å². The van der Waals surface area contributed by atoms with Crippen LogP contribution >= 0.6 is 0 Å². The molecular formula is C25H33F2N9O5. The first-order valence-electron chi connectivity index (χ1n) is 13.5. The maximum atomic E-state index is 15.0. The predicted molar refractivity (Wildman–Crippen MR) is 141 cm³/mol. The zero-order valence-corrected chi connectivity index (χ0v) is 22.8. The Morgan fingerprint density at radius 1 is 1.20 bits per heavy atom. The Labute approximate surface area is 235 Å². The van der Waals surface area contributed by atoms with Crippen molar-refractivity contribution in [1.29, 1.82) is 0 Å². The second-order valence-electron chi connectivity index (χ2n) is 10.2. The fourth-order valence-electron chi connectivity index (χ4n) is 5.20. The molecule has 14 nitrogen and oxygen atoms in total. The summed E-state index contributed by atoms with van der Waals surface area (Å²) in [7, 11) is 1.28. The monoisotopic (exact) mass is 577 g/mol. The van der Waals surface area contributed by atoms with E-state index in [2.05, 4.69) is 35.9 Å². The van der Waals surface area contributed by atoms with Gasteiger partial charge in [0.25, 0.3) is 5.92 Å². The molecule has 3 fully saturated rings. The molecule has 3 saturated heterocycles. The van der Waals surface area contributed by atoms with Crippen molar-refractivity contribution in [1.82, 2.24) is 35.5 Å². The van der Waals surface area contributed by atoms with Crippen LogP contribution in [-0.4, -0.2) is 107 Å². The lowest BCUT2D eigenvalue weighted by Crippen LogP contribution is -2.60. The van der Waals surface area contributed by atoms with Crippen molar-refractivity contribution in [3.05, 3.63) is 24.7 Å². The minimum Gasteiger partial charge on any atom is -0.477 e. The molecule has 0 aliphatic carbocycles. The topological polar surface area (TPSA) is 156 Å². The summed E-state index contributed by atoms with van der Waals surface area (Å²) in [6.07, 6.45) is 4.25. The fraction of sp³-hybridized carbons (Fsp3) is 0.600. The zero-order chi connectivity index (χ0) is 29.0. The number of halogens is 2. The largest absolute Gasteiger partial charge is 0.477 e. The maximum Gasteiger partial charge on any atom is 0.414 e. The third-order valence-corrected chi connectivity index (χ3v) is 7.21. The van der Waals surface area contributed by atoms with Gasteiger partial charge in [0.1, 0.15) is 6.04 Å². The van der Waals surface area contributed by atoms with Crippen LogP contribution in [0.3, 0.4) is 0 Å². The Kier molecular flexibility index (Phi) is 8.58. The first-order chi connectivity index (χ1) is 19.7. The van der Waals surface area contributed by atoms with E-state index < -0.39 is 30.5 Å². The molecule has 0 radical (unpaired) electrons. The molecule has 5 rings (SSSR count). The Balaban J connectivity index is 1.19. The number of nitrogens with one attached hydrogen (secondary N) is 3. The Bertz CT molecular complexity index is 1210. The van der Waals surface area contributed by atoms with Gasteiger partial charge in [-0.05, 0) is 19.8 Å². The molecule has 2 unspecified atom stereocenters. The van der Waals surface area contributed by atoms with Crippen molar-refractivity contribution in [3.8, 4) is 11.8 Å². The van der Waals surface area contributed by atoms with Crippen LogP contribution in [0.25, 0.3) is 0 Å². The molecular weight excluding hydrogens is 544 g/mol. The number of ether oxygens (including phenoxy) is 3. The quantitative estimate of drug-likeness (QED) is 0.440. The number of likely N-dealkylation sites (N-methyl/N-ethyl adjacent to an activating group) is 1. The number of hydrogen-bond donors (Lipinski definition) is 3. The lowest BCUT2D eigenvalue weighted by Gasteiger charge is -2.42. The van der Waals surface area contributed by atoms with Gasteiger partial charge in [-0.25, -0.2) is 33.3 Å².